The third kappa shape index (κ3) is 4.97. The van der Waals surface area contributed by atoms with Crippen LogP contribution in [-0.2, 0) is 9.53 Å². The molecular weight excluding hydrogens is 310 g/mol. The number of carbonyl (C=O) groups is 3. The molecule has 0 spiro atoms. The Labute approximate surface area is 141 Å². The Kier molecular flexibility index (Phi) is 6.17. The molecule has 0 unspecified atom stereocenters. The lowest BCUT2D eigenvalue weighted by Crippen LogP contribution is -2.47. The van der Waals surface area contributed by atoms with Gasteiger partial charge in [-0.1, -0.05) is 0 Å². The van der Waals surface area contributed by atoms with E-state index in [1.165, 1.54) is 6.92 Å². The van der Waals surface area contributed by atoms with Gasteiger partial charge in [0.25, 0.3) is 0 Å². The lowest BCUT2D eigenvalue weighted by atomic mass is 10.1. The number of carbonyl (C=O) groups excluding carboxylic acids is 3. The Morgan fingerprint density at radius 1 is 1.17 bits per heavy atom. The van der Waals surface area contributed by atoms with Crippen molar-refractivity contribution in [2.45, 2.75) is 32.7 Å². The van der Waals surface area contributed by atoms with E-state index in [1.807, 2.05) is 0 Å². The fourth-order valence-electron chi connectivity index (χ4n) is 2.62. The van der Waals surface area contributed by atoms with Crippen LogP contribution >= 0.6 is 0 Å². The molecule has 1 aliphatic heterocycles. The number of rotatable bonds is 4. The molecular formula is C17H23N3O4. The Morgan fingerprint density at radius 3 is 2.33 bits per heavy atom. The fourth-order valence-corrected chi connectivity index (χ4v) is 2.62. The largest absolute Gasteiger partial charge is 0.462 e. The summed E-state index contributed by atoms with van der Waals surface area (Å²) in [7, 11) is 0. The molecule has 7 heteroatoms. The maximum Gasteiger partial charge on any atom is 0.338 e. The predicted octanol–water partition coefficient (Wildman–Crippen LogP) is 2.00. The van der Waals surface area contributed by atoms with Crippen LogP contribution in [0.5, 0.6) is 0 Å². The fraction of sp³-hybridized carbons (Fsp3) is 0.471. The second kappa shape index (κ2) is 8.33. The van der Waals surface area contributed by atoms with Gasteiger partial charge in [0.15, 0.2) is 0 Å². The number of hydrogen-bond donors (Lipinski definition) is 2. The van der Waals surface area contributed by atoms with Crippen molar-refractivity contribution in [3.63, 3.8) is 0 Å². The molecule has 2 N–H and O–H groups in total. The summed E-state index contributed by atoms with van der Waals surface area (Å²) >= 11 is 0. The molecule has 2 rings (SSSR count). The summed E-state index contributed by atoms with van der Waals surface area (Å²) in [5, 5.41) is 5.69. The number of anilines is 1. The van der Waals surface area contributed by atoms with Crippen LogP contribution in [0, 0.1) is 0 Å². The van der Waals surface area contributed by atoms with Crippen LogP contribution in [0.3, 0.4) is 0 Å². The van der Waals surface area contributed by atoms with Gasteiger partial charge >= 0.3 is 12.0 Å². The first-order valence-corrected chi connectivity index (χ1v) is 8.09. The molecule has 0 aliphatic carbocycles. The minimum absolute atomic E-state index is 0.0420. The summed E-state index contributed by atoms with van der Waals surface area (Å²) < 4.78 is 4.92. The van der Waals surface area contributed by atoms with Crippen LogP contribution in [0.25, 0.3) is 0 Å². The lowest BCUT2D eigenvalue weighted by molar-refractivity contribution is -0.119. The lowest BCUT2D eigenvalue weighted by Gasteiger charge is -2.32. The van der Waals surface area contributed by atoms with Crippen molar-refractivity contribution in [2.75, 3.05) is 25.0 Å². The Balaban J connectivity index is 1.84. The van der Waals surface area contributed by atoms with Gasteiger partial charge in [-0.3, -0.25) is 4.79 Å². The maximum absolute atomic E-state index is 12.3. The standard InChI is InChI=1S/C17H23N3O4/c1-3-24-16(22)13-4-6-14(7-5-13)19-17(23)20-10-8-15(9-11-20)18-12(2)21/h4-7,15H,3,8-11H2,1-2H3,(H,18,21)(H,19,23). The van der Waals surface area contributed by atoms with Gasteiger partial charge in [0.2, 0.25) is 5.91 Å². The van der Waals surface area contributed by atoms with Crippen molar-refractivity contribution >= 4 is 23.6 Å². The zero-order valence-electron chi connectivity index (χ0n) is 14.0. The van der Waals surface area contributed by atoms with E-state index in [2.05, 4.69) is 10.6 Å². The number of nitrogens with one attached hydrogen (secondary N) is 2. The number of benzene rings is 1. The molecule has 1 saturated heterocycles. The summed E-state index contributed by atoms with van der Waals surface area (Å²) in [6.45, 7) is 4.77. The first-order valence-electron chi connectivity index (χ1n) is 8.09. The van der Waals surface area contributed by atoms with Crippen LogP contribution in [-0.4, -0.2) is 48.5 Å². The topological polar surface area (TPSA) is 87.7 Å². The maximum atomic E-state index is 12.3. The number of likely N-dealkylation sites (tertiary alicyclic amines) is 1. The van der Waals surface area contributed by atoms with E-state index in [9.17, 15) is 14.4 Å². The van der Waals surface area contributed by atoms with Crippen LogP contribution in [0.1, 0.15) is 37.0 Å². The highest BCUT2D eigenvalue weighted by Crippen LogP contribution is 2.14. The Morgan fingerprint density at radius 2 is 1.79 bits per heavy atom. The first-order chi connectivity index (χ1) is 11.5. The highest BCUT2D eigenvalue weighted by atomic mass is 16.5. The van der Waals surface area contributed by atoms with Crippen LogP contribution < -0.4 is 10.6 Å². The zero-order valence-corrected chi connectivity index (χ0v) is 14.0. The van der Waals surface area contributed by atoms with Gasteiger partial charge in [-0.15, -0.1) is 0 Å². The van der Waals surface area contributed by atoms with Gasteiger partial charge < -0.3 is 20.3 Å². The average molecular weight is 333 g/mol. The molecule has 0 aromatic heterocycles. The van der Waals surface area contributed by atoms with Crippen molar-refractivity contribution in [1.29, 1.82) is 0 Å². The zero-order chi connectivity index (χ0) is 17.5. The summed E-state index contributed by atoms with van der Waals surface area (Å²) in [6, 6.07) is 6.55. The summed E-state index contributed by atoms with van der Waals surface area (Å²) in [5.41, 5.74) is 1.07. The normalized spacial score (nSPS) is 14.8. The van der Waals surface area contributed by atoms with E-state index in [4.69, 9.17) is 4.74 Å². The number of ether oxygens (including phenoxy) is 1. The molecule has 0 atom stereocenters. The second-order valence-electron chi connectivity index (χ2n) is 5.69. The summed E-state index contributed by atoms with van der Waals surface area (Å²) in [6.07, 6.45) is 1.49. The monoisotopic (exact) mass is 333 g/mol. The molecule has 0 radical (unpaired) electrons. The van der Waals surface area contributed by atoms with E-state index in [0.29, 0.717) is 30.9 Å². The summed E-state index contributed by atoms with van der Waals surface area (Å²) in [5.74, 6) is -0.421. The van der Waals surface area contributed by atoms with Gasteiger partial charge in [-0.25, -0.2) is 9.59 Å². The van der Waals surface area contributed by atoms with Crippen molar-refractivity contribution in [1.82, 2.24) is 10.2 Å². The third-order valence-corrected chi connectivity index (χ3v) is 3.84. The molecule has 1 aromatic rings. The highest BCUT2D eigenvalue weighted by Gasteiger charge is 2.23. The molecule has 1 heterocycles. The van der Waals surface area contributed by atoms with E-state index in [0.717, 1.165) is 12.8 Å². The van der Waals surface area contributed by atoms with Gasteiger partial charge in [0.05, 0.1) is 12.2 Å². The minimum atomic E-state index is -0.379. The number of esters is 1. The molecule has 1 aliphatic rings. The van der Waals surface area contributed by atoms with E-state index >= 15 is 0 Å². The number of hydrogen-bond acceptors (Lipinski definition) is 4. The van der Waals surface area contributed by atoms with E-state index in [-0.39, 0.29) is 23.9 Å². The number of urea groups is 1. The number of amides is 3. The van der Waals surface area contributed by atoms with Gasteiger partial charge in [0, 0.05) is 31.7 Å². The SMILES string of the molecule is CCOC(=O)c1ccc(NC(=O)N2CCC(NC(C)=O)CC2)cc1. The quantitative estimate of drug-likeness (QED) is 0.825. The van der Waals surface area contributed by atoms with Crippen molar-refractivity contribution in [3.8, 4) is 0 Å². The molecule has 24 heavy (non-hydrogen) atoms. The Bertz CT molecular complexity index is 592. The van der Waals surface area contributed by atoms with Crippen molar-refractivity contribution < 1.29 is 19.1 Å². The number of nitrogens with zero attached hydrogens (tertiary/aromatic N) is 1. The molecule has 7 nitrogen and oxygen atoms in total. The van der Waals surface area contributed by atoms with E-state index < -0.39 is 0 Å². The van der Waals surface area contributed by atoms with Gasteiger partial charge in [0.1, 0.15) is 0 Å². The van der Waals surface area contributed by atoms with E-state index in [1.54, 1.807) is 36.1 Å². The Hall–Kier alpha value is -2.57. The third-order valence-electron chi connectivity index (χ3n) is 3.84. The second-order valence-corrected chi connectivity index (χ2v) is 5.69. The molecule has 3 amide bonds. The number of piperidine rings is 1. The van der Waals surface area contributed by atoms with Gasteiger partial charge in [-0.2, -0.15) is 0 Å². The molecule has 0 bridgehead atoms. The van der Waals surface area contributed by atoms with Crippen LogP contribution in [0.2, 0.25) is 0 Å². The summed E-state index contributed by atoms with van der Waals surface area (Å²) in [4.78, 5) is 36.6. The molecule has 130 valence electrons. The van der Waals surface area contributed by atoms with Crippen LogP contribution in [0.15, 0.2) is 24.3 Å². The molecule has 1 fully saturated rings. The highest BCUT2D eigenvalue weighted by molar-refractivity contribution is 5.92. The predicted molar refractivity (Wildman–Crippen MR) is 89.8 cm³/mol. The molecule has 1 aromatic carbocycles. The van der Waals surface area contributed by atoms with Crippen molar-refractivity contribution in [3.05, 3.63) is 29.8 Å². The first kappa shape index (κ1) is 17.8. The van der Waals surface area contributed by atoms with Gasteiger partial charge in [-0.05, 0) is 44.0 Å². The minimum Gasteiger partial charge on any atom is -0.462 e. The van der Waals surface area contributed by atoms with Crippen LogP contribution in [0.4, 0.5) is 10.5 Å². The van der Waals surface area contributed by atoms with Crippen molar-refractivity contribution in [2.24, 2.45) is 0 Å². The average Bonchev–Trinajstić information content (AvgIpc) is 2.56. The smallest absolute Gasteiger partial charge is 0.338 e. The molecule has 0 saturated carbocycles.